The maximum absolute atomic E-state index is 12.4. The molecule has 2 rings (SSSR count). The molecule has 1 aliphatic rings. The van der Waals surface area contributed by atoms with Crippen molar-refractivity contribution in [2.75, 3.05) is 32.8 Å². The SMILES string of the molecule is CCCOCC(=O)N1CCNCC1c1ccc(CC)cc1.Cl. The van der Waals surface area contributed by atoms with Crippen molar-refractivity contribution >= 4 is 18.3 Å². The Balaban J connectivity index is 0.00000242. The van der Waals surface area contributed by atoms with E-state index in [2.05, 4.69) is 36.5 Å². The number of amides is 1. The fourth-order valence-corrected chi connectivity index (χ4v) is 2.66. The predicted octanol–water partition coefficient (Wildman–Crippen LogP) is 2.57. The van der Waals surface area contributed by atoms with Crippen molar-refractivity contribution in [3.63, 3.8) is 0 Å². The summed E-state index contributed by atoms with van der Waals surface area (Å²) in [7, 11) is 0. The predicted molar refractivity (Wildman–Crippen MR) is 91.5 cm³/mol. The van der Waals surface area contributed by atoms with E-state index in [-0.39, 0.29) is 31.0 Å². The van der Waals surface area contributed by atoms with Gasteiger partial charge in [0.25, 0.3) is 0 Å². The molecule has 0 aromatic heterocycles. The van der Waals surface area contributed by atoms with Gasteiger partial charge < -0.3 is 15.0 Å². The van der Waals surface area contributed by atoms with Crippen LogP contribution in [0.5, 0.6) is 0 Å². The first-order valence-electron chi connectivity index (χ1n) is 7.93. The van der Waals surface area contributed by atoms with Crippen LogP contribution in [0, 0.1) is 0 Å². The van der Waals surface area contributed by atoms with E-state index < -0.39 is 0 Å². The lowest BCUT2D eigenvalue weighted by molar-refractivity contribution is -0.139. The van der Waals surface area contributed by atoms with Gasteiger partial charge in [-0.2, -0.15) is 0 Å². The van der Waals surface area contributed by atoms with Crippen LogP contribution in [0.15, 0.2) is 24.3 Å². The molecule has 22 heavy (non-hydrogen) atoms. The van der Waals surface area contributed by atoms with Gasteiger partial charge >= 0.3 is 0 Å². The molecule has 1 fully saturated rings. The Labute approximate surface area is 139 Å². The van der Waals surface area contributed by atoms with E-state index in [1.165, 1.54) is 11.1 Å². The third-order valence-corrected chi connectivity index (χ3v) is 3.91. The summed E-state index contributed by atoms with van der Waals surface area (Å²) in [5, 5.41) is 3.38. The minimum atomic E-state index is 0. The maximum Gasteiger partial charge on any atom is 0.249 e. The minimum Gasteiger partial charge on any atom is -0.372 e. The average Bonchev–Trinajstić information content (AvgIpc) is 2.55. The van der Waals surface area contributed by atoms with Crippen LogP contribution < -0.4 is 5.32 Å². The number of hydrogen-bond donors (Lipinski definition) is 1. The second-order valence-electron chi connectivity index (χ2n) is 5.45. The molecule has 124 valence electrons. The second-order valence-corrected chi connectivity index (χ2v) is 5.45. The molecule has 0 radical (unpaired) electrons. The fourth-order valence-electron chi connectivity index (χ4n) is 2.66. The lowest BCUT2D eigenvalue weighted by Gasteiger charge is -2.36. The number of nitrogens with one attached hydrogen (secondary N) is 1. The topological polar surface area (TPSA) is 41.6 Å². The molecule has 1 aliphatic heterocycles. The van der Waals surface area contributed by atoms with Crippen molar-refractivity contribution in [2.45, 2.75) is 32.7 Å². The van der Waals surface area contributed by atoms with Crippen LogP contribution in [0.4, 0.5) is 0 Å². The molecule has 0 aliphatic carbocycles. The van der Waals surface area contributed by atoms with Crippen molar-refractivity contribution in [3.8, 4) is 0 Å². The standard InChI is InChI=1S/C17H26N2O2.ClH/c1-3-11-21-13-17(20)19-10-9-18-12-16(19)15-7-5-14(4-2)6-8-15;/h5-8,16,18H,3-4,9-13H2,1-2H3;1H. The van der Waals surface area contributed by atoms with Gasteiger partial charge in [0.1, 0.15) is 6.61 Å². The van der Waals surface area contributed by atoms with Crippen LogP contribution >= 0.6 is 12.4 Å². The van der Waals surface area contributed by atoms with E-state index in [9.17, 15) is 4.79 Å². The summed E-state index contributed by atoms with van der Waals surface area (Å²) < 4.78 is 5.41. The quantitative estimate of drug-likeness (QED) is 0.817. The average molecular weight is 327 g/mol. The summed E-state index contributed by atoms with van der Waals surface area (Å²) in [4.78, 5) is 14.3. The number of benzene rings is 1. The van der Waals surface area contributed by atoms with E-state index in [1.54, 1.807) is 0 Å². The van der Waals surface area contributed by atoms with Crippen molar-refractivity contribution < 1.29 is 9.53 Å². The summed E-state index contributed by atoms with van der Waals surface area (Å²) in [5.41, 5.74) is 2.52. The Bertz CT molecular complexity index is 450. The van der Waals surface area contributed by atoms with Gasteiger partial charge in [-0.25, -0.2) is 0 Å². The molecule has 0 bridgehead atoms. The smallest absolute Gasteiger partial charge is 0.249 e. The largest absolute Gasteiger partial charge is 0.372 e. The third kappa shape index (κ3) is 4.97. The molecule has 4 nitrogen and oxygen atoms in total. The number of aryl methyl sites for hydroxylation is 1. The number of carbonyl (C=O) groups is 1. The summed E-state index contributed by atoms with van der Waals surface area (Å²) in [5.74, 6) is 0.0921. The van der Waals surface area contributed by atoms with Crippen LogP contribution in [0.1, 0.15) is 37.4 Å². The number of ether oxygens (including phenoxy) is 1. The number of piperazine rings is 1. The highest BCUT2D eigenvalue weighted by atomic mass is 35.5. The lowest BCUT2D eigenvalue weighted by atomic mass is 10.0. The van der Waals surface area contributed by atoms with Crippen LogP contribution in [0.25, 0.3) is 0 Å². The first-order chi connectivity index (χ1) is 10.3. The van der Waals surface area contributed by atoms with Gasteiger partial charge in [-0.15, -0.1) is 12.4 Å². The van der Waals surface area contributed by atoms with Gasteiger partial charge in [0, 0.05) is 26.2 Å². The normalized spacial score (nSPS) is 17.9. The highest BCUT2D eigenvalue weighted by molar-refractivity contribution is 5.85. The number of halogens is 1. The van der Waals surface area contributed by atoms with Crippen LogP contribution in [-0.4, -0.2) is 43.7 Å². The zero-order valence-electron chi connectivity index (χ0n) is 13.5. The minimum absolute atomic E-state index is 0. The molecule has 1 unspecified atom stereocenters. The molecule has 1 heterocycles. The first-order valence-corrected chi connectivity index (χ1v) is 7.93. The van der Waals surface area contributed by atoms with Gasteiger partial charge in [-0.1, -0.05) is 38.1 Å². The Morgan fingerprint density at radius 3 is 2.68 bits per heavy atom. The number of hydrogen-bond acceptors (Lipinski definition) is 3. The number of nitrogens with zero attached hydrogens (tertiary/aromatic N) is 1. The van der Waals surface area contributed by atoms with Gasteiger partial charge in [-0.3, -0.25) is 4.79 Å². The van der Waals surface area contributed by atoms with Gasteiger partial charge in [-0.05, 0) is 24.0 Å². The molecule has 0 saturated carbocycles. The zero-order chi connectivity index (χ0) is 15.1. The van der Waals surface area contributed by atoms with Gasteiger partial charge in [0.2, 0.25) is 5.91 Å². The second kappa shape index (κ2) is 9.82. The van der Waals surface area contributed by atoms with E-state index in [4.69, 9.17) is 4.74 Å². The van der Waals surface area contributed by atoms with Gasteiger partial charge in [0.05, 0.1) is 6.04 Å². The molecule has 1 saturated heterocycles. The summed E-state index contributed by atoms with van der Waals surface area (Å²) in [6.45, 7) is 7.44. The summed E-state index contributed by atoms with van der Waals surface area (Å²) in [6.07, 6.45) is 1.98. The first kappa shape index (κ1) is 18.9. The van der Waals surface area contributed by atoms with E-state index >= 15 is 0 Å². The van der Waals surface area contributed by atoms with E-state index in [0.717, 1.165) is 32.5 Å². The molecule has 5 heteroatoms. The molecular weight excluding hydrogens is 300 g/mol. The fraction of sp³-hybridized carbons (Fsp3) is 0.588. The number of carbonyl (C=O) groups excluding carboxylic acids is 1. The zero-order valence-corrected chi connectivity index (χ0v) is 14.3. The highest BCUT2D eigenvalue weighted by Gasteiger charge is 2.27. The maximum atomic E-state index is 12.4. The van der Waals surface area contributed by atoms with E-state index in [0.29, 0.717) is 6.61 Å². The molecular formula is C17H27ClN2O2. The van der Waals surface area contributed by atoms with Crippen molar-refractivity contribution in [1.29, 1.82) is 0 Å². The Hall–Kier alpha value is -1.10. The third-order valence-electron chi connectivity index (χ3n) is 3.91. The Kier molecular flexibility index (Phi) is 8.46. The lowest BCUT2D eigenvalue weighted by Crippen LogP contribution is -2.49. The molecule has 1 N–H and O–H groups in total. The summed E-state index contributed by atoms with van der Waals surface area (Å²) >= 11 is 0. The molecule has 1 atom stereocenters. The Morgan fingerprint density at radius 2 is 2.05 bits per heavy atom. The van der Waals surface area contributed by atoms with Crippen LogP contribution in [-0.2, 0) is 16.0 Å². The molecule has 1 aromatic carbocycles. The summed E-state index contributed by atoms with van der Waals surface area (Å²) in [6, 6.07) is 8.70. The number of rotatable bonds is 6. The monoisotopic (exact) mass is 326 g/mol. The van der Waals surface area contributed by atoms with Crippen molar-refractivity contribution in [2.24, 2.45) is 0 Å². The highest BCUT2D eigenvalue weighted by Crippen LogP contribution is 2.23. The van der Waals surface area contributed by atoms with Crippen LogP contribution in [0.3, 0.4) is 0 Å². The molecule has 1 amide bonds. The Morgan fingerprint density at radius 1 is 1.32 bits per heavy atom. The van der Waals surface area contributed by atoms with Crippen molar-refractivity contribution in [1.82, 2.24) is 10.2 Å². The van der Waals surface area contributed by atoms with Gasteiger partial charge in [0.15, 0.2) is 0 Å². The molecule has 0 spiro atoms. The molecule has 1 aromatic rings. The van der Waals surface area contributed by atoms with Crippen molar-refractivity contribution in [3.05, 3.63) is 35.4 Å². The van der Waals surface area contributed by atoms with E-state index in [1.807, 2.05) is 11.8 Å². The van der Waals surface area contributed by atoms with Crippen LogP contribution in [0.2, 0.25) is 0 Å².